The molecule has 0 unspecified atom stereocenters. The van der Waals surface area contributed by atoms with Crippen molar-refractivity contribution in [2.45, 2.75) is 38.3 Å². The molecule has 3 rings (SSSR count). The minimum absolute atomic E-state index is 0.0740. The van der Waals surface area contributed by atoms with E-state index in [0.717, 1.165) is 24.8 Å². The van der Waals surface area contributed by atoms with Gasteiger partial charge < -0.3 is 15.4 Å². The lowest BCUT2D eigenvalue weighted by Gasteiger charge is -2.26. The number of aryl methyl sites for hydroxylation is 1. The van der Waals surface area contributed by atoms with Crippen LogP contribution in [0.4, 0.5) is 0 Å². The van der Waals surface area contributed by atoms with Gasteiger partial charge in [-0.2, -0.15) is 0 Å². The third kappa shape index (κ3) is 5.41. The van der Waals surface area contributed by atoms with Crippen LogP contribution in [0, 0.1) is 0 Å². The Morgan fingerprint density at radius 2 is 1.81 bits per heavy atom. The van der Waals surface area contributed by atoms with E-state index in [0.29, 0.717) is 13.2 Å². The number of rotatable bonds is 6. The molecule has 0 bridgehead atoms. The topological polar surface area (TPSA) is 67.4 Å². The van der Waals surface area contributed by atoms with Crippen LogP contribution in [-0.2, 0) is 27.2 Å². The first-order valence-electron chi connectivity index (χ1n) is 9.45. The van der Waals surface area contributed by atoms with Crippen LogP contribution in [0.15, 0.2) is 54.6 Å². The third-order valence-electron chi connectivity index (χ3n) is 4.83. The fourth-order valence-corrected chi connectivity index (χ4v) is 3.30. The van der Waals surface area contributed by atoms with Crippen molar-refractivity contribution < 1.29 is 14.3 Å². The predicted octanol–water partition coefficient (Wildman–Crippen LogP) is 2.55. The predicted molar refractivity (Wildman–Crippen MR) is 104 cm³/mol. The fraction of sp³-hybridized carbons (Fsp3) is 0.364. The smallest absolute Gasteiger partial charge is 0.309 e. The van der Waals surface area contributed by atoms with E-state index >= 15 is 0 Å². The van der Waals surface area contributed by atoms with Gasteiger partial charge in [-0.15, -0.1) is 0 Å². The largest absolute Gasteiger partial charge is 0.371 e. The van der Waals surface area contributed by atoms with Gasteiger partial charge in [-0.1, -0.05) is 54.6 Å². The molecule has 2 aromatic carbocycles. The molecule has 5 heteroatoms. The lowest BCUT2D eigenvalue weighted by Crippen LogP contribution is -2.45. The zero-order chi connectivity index (χ0) is 19.1. The van der Waals surface area contributed by atoms with Crippen molar-refractivity contribution in [1.82, 2.24) is 10.6 Å². The Bertz CT molecular complexity index is 776. The molecule has 0 saturated heterocycles. The lowest BCUT2D eigenvalue weighted by molar-refractivity contribution is -0.140. The van der Waals surface area contributed by atoms with Gasteiger partial charge in [0.2, 0.25) is 0 Å². The minimum atomic E-state index is -0.617. The molecule has 2 amide bonds. The van der Waals surface area contributed by atoms with Crippen LogP contribution in [0.2, 0.25) is 0 Å². The molecular weight excluding hydrogens is 340 g/mol. The number of ether oxygens (including phenoxy) is 1. The monoisotopic (exact) mass is 366 g/mol. The van der Waals surface area contributed by atoms with E-state index in [-0.39, 0.29) is 12.1 Å². The van der Waals surface area contributed by atoms with E-state index in [2.05, 4.69) is 28.8 Å². The van der Waals surface area contributed by atoms with Crippen molar-refractivity contribution in [1.29, 1.82) is 0 Å². The van der Waals surface area contributed by atoms with Gasteiger partial charge in [0.15, 0.2) is 0 Å². The van der Waals surface area contributed by atoms with Gasteiger partial charge >= 0.3 is 11.8 Å². The summed E-state index contributed by atoms with van der Waals surface area (Å²) in [5.41, 5.74) is 3.54. The van der Waals surface area contributed by atoms with Crippen LogP contribution in [0.25, 0.3) is 0 Å². The molecule has 1 aliphatic rings. The summed E-state index contributed by atoms with van der Waals surface area (Å²) in [5.74, 6) is -1.21. The van der Waals surface area contributed by atoms with Crippen molar-refractivity contribution in [3.8, 4) is 0 Å². The van der Waals surface area contributed by atoms with Crippen LogP contribution >= 0.6 is 0 Å². The Morgan fingerprint density at radius 3 is 2.63 bits per heavy atom. The SMILES string of the molecule is C[C@@H](CCc1ccccc1)NC(=O)C(=O)NC[C@H]1OCCc2ccccc21. The number of hydrogen-bond donors (Lipinski definition) is 2. The van der Waals surface area contributed by atoms with Crippen molar-refractivity contribution in [2.75, 3.05) is 13.2 Å². The van der Waals surface area contributed by atoms with Crippen LogP contribution < -0.4 is 10.6 Å². The summed E-state index contributed by atoms with van der Waals surface area (Å²) >= 11 is 0. The maximum atomic E-state index is 12.1. The highest BCUT2D eigenvalue weighted by Gasteiger charge is 2.23. The van der Waals surface area contributed by atoms with Crippen molar-refractivity contribution >= 4 is 11.8 Å². The quantitative estimate of drug-likeness (QED) is 0.772. The average molecular weight is 366 g/mol. The summed E-state index contributed by atoms with van der Waals surface area (Å²) in [6, 6.07) is 18.1. The first-order valence-corrected chi connectivity index (χ1v) is 9.45. The highest BCUT2D eigenvalue weighted by atomic mass is 16.5. The molecule has 142 valence electrons. The molecule has 2 atom stereocenters. The van der Waals surface area contributed by atoms with Crippen LogP contribution in [0.1, 0.15) is 36.1 Å². The Kier molecular flexibility index (Phi) is 6.60. The number of fused-ring (bicyclic) bond motifs is 1. The molecule has 5 nitrogen and oxygen atoms in total. The maximum Gasteiger partial charge on any atom is 0.309 e. The average Bonchev–Trinajstić information content (AvgIpc) is 2.71. The molecule has 0 radical (unpaired) electrons. The summed E-state index contributed by atoms with van der Waals surface area (Å²) < 4.78 is 5.76. The number of amides is 2. The number of carbonyl (C=O) groups is 2. The minimum Gasteiger partial charge on any atom is -0.371 e. The highest BCUT2D eigenvalue weighted by Crippen LogP contribution is 2.26. The van der Waals surface area contributed by atoms with Gasteiger partial charge in [-0.05, 0) is 42.9 Å². The summed E-state index contributed by atoms with van der Waals surface area (Å²) in [6.07, 6.45) is 2.31. The zero-order valence-corrected chi connectivity index (χ0v) is 15.6. The van der Waals surface area contributed by atoms with E-state index in [1.165, 1.54) is 11.1 Å². The van der Waals surface area contributed by atoms with Crippen molar-refractivity contribution in [3.63, 3.8) is 0 Å². The molecule has 1 aliphatic heterocycles. The molecule has 0 saturated carbocycles. The first kappa shape index (κ1) is 19.1. The van der Waals surface area contributed by atoms with Gasteiger partial charge in [0.25, 0.3) is 0 Å². The van der Waals surface area contributed by atoms with E-state index in [9.17, 15) is 9.59 Å². The van der Waals surface area contributed by atoms with Crippen LogP contribution in [0.3, 0.4) is 0 Å². The molecule has 0 spiro atoms. The van der Waals surface area contributed by atoms with Gasteiger partial charge in [-0.25, -0.2) is 0 Å². The molecule has 2 aromatic rings. The second-order valence-corrected chi connectivity index (χ2v) is 6.92. The molecule has 27 heavy (non-hydrogen) atoms. The highest BCUT2D eigenvalue weighted by molar-refractivity contribution is 6.35. The Balaban J connectivity index is 1.43. The van der Waals surface area contributed by atoms with Gasteiger partial charge in [-0.3, -0.25) is 9.59 Å². The van der Waals surface area contributed by atoms with Gasteiger partial charge in [0, 0.05) is 12.6 Å². The summed E-state index contributed by atoms with van der Waals surface area (Å²) in [7, 11) is 0. The first-order chi connectivity index (χ1) is 13.1. The van der Waals surface area contributed by atoms with Crippen LogP contribution in [0.5, 0.6) is 0 Å². The molecule has 0 aromatic heterocycles. The Hall–Kier alpha value is -2.66. The molecule has 1 heterocycles. The number of hydrogen-bond acceptors (Lipinski definition) is 3. The molecule has 0 aliphatic carbocycles. The second kappa shape index (κ2) is 9.33. The molecule has 2 N–H and O–H groups in total. The van der Waals surface area contributed by atoms with E-state index in [4.69, 9.17) is 4.74 Å². The van der Waals surface area contributed by atoms with Gasteiger partial charge in [0.1, 0.15) is 6.10 Å². The third-order valence-corrected chi connectivity index (χ3v) is 4.83. The molecular formula is C22H26N2O3. The number of carbonyl (C=O) groups excluding carboxylic acids is 2. The van der Waals surface area contributed by atoms with Gasteiger partial charge in [0.05, 0.1) is 6.61 Å². The summed E-state index contributed by atoms with van der Waals surface area (Å²) in [5, 5.41) is 5.46. The fourth-order valence-electron chi connectivity index (χ4n) is 3.30. The summed E-state index contributed by atoms with van der Waals surface area (Å²) in [6.45, 7) is 2.83. The van der Waals surface area contributed by atoms with Crippen molar-refractivity contribution in [3.05, 3.63) is 71.3 Å². The zero-order valence-electron chi connectivity index (χ0n) is 15.6. The maximum absolute atomic E-state index is 12.1. The number of nitrogens with one attached hydrogen (secondary N) is 2. The second-order valence-electron chi connectivity index (χ2n) is 6.92. The van der Waals surface area contributed by atoms with Crippen LogP contribution in [-0.4, -0.2) is 31.0 Å². The normalized spacial score (nSPS) is 16.9. The van der Waals surface area contributed by atoms with E-state index < -0.39 is 11.8 Å². The Morgan fingerprint density at radius 1 is 1.07 bits per heavy atom. The molecule has 0 fully saturated rings. The Labute approximate surface area is 160 Å². The number of benzene rings is 2. The summed E-state index contributed by atoms with van der Waals surface area (Å²) in [4.78, 5) is 24.2. The van der Waals surface area contributed by atoms with E-state index in [1.54, 1.807) is 0 Å². The standard InChI is InChI=1S/C22H26N2O3/c1-16(11-12-17-7-3-2-4-8-17)24-22(26)21(25)23-15-20-19-10-6-5-9-18(19)13-14-27-20/h2-10,16,20H,11-15H2,1H3,(H,23,25)(H,24,26)/t16-,20+/m0/s1. The van der Waals surface area contributed by atoms with E-state index in [1.807, 2.05) is 43.3 Å². The lowest BCUT2D eigenvalue weighted by atomic mass is 9.97. The van der Waals surface area contributed by atoms with Crippen molar-refractivity contribution in [2.24, 2.45) is 0 Å².